The molecule has 0 heterocycles. The van der Waals surface area contributed by atoms with E-state index in [9.17, 15) is 0 Å². The van der Waals surface area contributed by atoms with Crippen LogP contribution in [-0.4, -0.2) is 25.4 Å². The molecule has 0 aromatic heterocycles. The summed E-state index contributed by atoms with van der Waals surface area (Å²) in [5, 5.41) is 3.32. The molecule has 0 atom stereocenters. The first kappa shape index (κ1) is 14.4. The Morgan fingerprint density at radius 3 is 2.71 bits per heavy atom. The van der Waals surface area contributed by atoms with E-state index in [1.165, 1.54) is 11.1 Å². The first-order chi connectivity index (χ1) is 8.24. The standard InChI is InChI=1S/C14H23NOS/c1-12-5-6-14(13(2)11-12)16-9-4-3-7-15-8-10-17/h5-6,11,15,17H,3-4,7-10H2,1-2H3. The molecule has 0 aliphatic carbocycles. The van der Waals surface area contributed by atoms with Gasteiger partial charge in [0, 0.05) is 12.3 Å². The predicted octanol–water partition coefficient (Wildman–Crippen LogP) is 2.98. The van der Waals surface area contributed by atoms with Crippen molar-refractivity contribution in [3.63, 3.8) is 0 Å². The van der Waals surface area contributed by atoms with Crippen molar-refractivity contribution in [2.75, 3.05) is 25.4 Å². The van der Waals surface area contributed by atoms with Gasteiger partial charge in [0.2, 0.25) is 0 Å². The SMILES string of the molecule is Cc1ccc(OCCCCNCCS)c(C)c1. The van der Waals surface area contributed by atoms with Gasteiger partial charge in [-0.05, 0) is 44.9 Å². The van der Waals surface area contributed by atoms with Crippen molar-refractivity contribution in [3.8, 4) is 5.75 Å². The number of benzene rings is 1. The predicted molar refractivity (Wildman–Crippen MR) is 77.4 cm³/mol. The lowest BCUT2D eigenvalue weighted by molar-refractivity contribution is 0.304. The number of ether oxygens (including phenoxy) is 1. The second-order valence-corrected chi connectivity index (χ2v) is 4.75. The number of thiol groups is 1. The molecule has 0 radical (unpaired) electrons. The summed E-state index contributed by atoms with van der Waals surface area (Å²) in [6, 6.07) is 6.31. The fourth-order valence-corrected chi connectivity index (χ4v) is 1.86. The van der Waals surface area contributed by atoms with Crippen LogP contribution in [0.5, 0.6) is 5.75 Å². The van der Waals surface area contributed by atoms with Gasteiger partial charge in [0.15, 0.2) is 0 Å². The summed E-state index contributed by atoms with van der Waals surface area (Å²) in [6.07, 6.45) is 2.24. The number of nitrogens with one attached hydrogen (secondary N) is 1. The zero-order valence-corrected chi connectivity index (χ0v) is 11.7. The monoisotopic (exact) mass is 253 g/mol. The van der Waals surface area contributed by atoms with Crippen LogP contribution in [0.1, 0.15) is 24.0 Å². The molecular weight excluding hydrogens is 230 g/mol. The quantitative estimate of drug-likeness (QED) is 0.549. The number of hydrogen-bond donors (Lipinski definition) is 2. The second kappa shape index (κ2) is 8.43. The van der Waals surface area contributed by atoms with Crippen molar-refractivity contribution in [3.05, 3.63) is 29.3 Å². The van der Waals surface area contributed by atoms with Gasteiger partial charge in [-0.15, -0.1) is 0 Å². The summed E-state index contributed by atoms with van der Waals surface area (Å²) in [4.78, 5) is 0. The van der Waals surface area contributed by atoms with Crippen molar-refractivity contribution < 1.29 is 4.74 Å². The lowest BCUT2D eigenvalue weighted by Crippen LogP contribution is -2.18. The van der Waals surface area contributed by atoms with Gasteiger partial charge >= 0.3 is 0 Å². The number of unbranched alkanes of at least 4 members (excludes halogenated alkanes) is 1. The first-order valence-corrected chi connectivity index (χ1v) is 6.89. The van der Waals surface area contributed by atoms with Crippen LogP contribution in [0, 0.1) is 13.8 Å². The van der Waals surface area contributed by atoms with Crippen LogP contribution in [-0.2, 0) is 0 Å². The minimum absolute atomic E-state index is 0.798. The Morgan fingerprint density at radius 1 is 1.18 bits per heavy atom. The van der Waals surface area contributed by atoms with Crippen LogP contribution in [0.2, 0.25) is 0 Å². The summed E-state index contributed by atoms with van der Waals surface area (Å²) in [6.45, 7) is 7.03. The Kier molecular flexibility index (Phi) is 7.13. The minimum Gasteiger partial charge on any atom is -0.493 e. The lowest BCUT2D eigenvalue weighted by Gasteiger charge is -2.09. The van der Waals surface area contributed by atoms with Gasteiger partial charge in [-0.3, -0.25) is 0 Å². The second-order valence-electron chi connectivity index (χ2n) is 4.30. The van der Waals surface area contributed by atoms with E-state index in [4.69, 9.17) is 4.74 Å². The van der Waals surface area contributed by atoms with Crippen LogP contribution in [0.4, 0.5) is 0 Å². The molecule has 1 aromatic rings. The molecule has 0 aliphatic rings. The molecule has 17 heavy (non-hydrogen) atoms. The maximum atomic E-state index is 5.76. The molecule has 0 spiro atoms. The summed E-state index contributed by atoms with van der Waals surface area (Å²) < 4.78 is 5.76. The molecule has 0 saturated heterocycles. The third-order valence-corrected chi connectivity index (χ3v) is 2.85. The van der Waals surface area contributed by atoms with Crippen molar-refractivity contribution >= 4 is 12.6 Å². The number of hydrogen-bond acceptors (Lipinski definition) is 3. The normalized spacial score (nSPS) is 10.5. The molecule has 3 heteroatoms. The van der Waals surface area contributed by atoms with Gasteiger partial charge in [-0.2, -0.15) is 12.6 Å². The highest BCUT2D eigenvalue weighted by atomic mass is 32.1. The number of aryl methyl sites for hydroxylation is 2. The average molecular weight is 253 g/mol. The maximum Gasteiger partial charge on any atom is 0.122 e. The van der Waals surface area contributed by atoms with E-state index in [1.807, 2.05) is 0 Å². The van der Waals surface area contributed by atoms with E-state index in [-0.39, 0.29) is 0 Å². The third kappa shape index (κ3) is 5.99. The molecule has 2 nitrogen and oxygen atoms in total. The maximum absolute atomic E-state index is 5.76. The Hall–Kier alpha value is -0.670. The van der Waals surface area contributed by atoms with Crippen molar-refractivity contribution in [2.24, 2.45) is 0 Å². The first-order valence-electron chi connectivity index (χ1n) is 6.25. The minimum atomic E-state index is 0.798. The third-order valence-electron chi connectivity index (χ3n) is 2.62. The summed E-state index contributed by atoms with van der Waals surface area (Å²) in [5.41, 5.74) is 2.50. The van der Waals surface area contributed by atoms with E-state index in [0.29, 0.717) is 0 Å². The van der Waals surface area contributed by atoms with E-state index >= 15 is 0 Å². The van der Waals surface area contributed by atoms with Crippen molar-refractivity contribution in [1.82, 2.24) is 5.32 Å². The smallest absolute Gasteiger partial charge is 0.122 e. The van der Waals surface area contributed by atoms with Crippen LogP contribution >= 0.6 is 12.6 Å². The molecule has 0 bridgehead atoms. The van der Waals surface area contributed by atoms with Crippen LogP contribution in [0.25, 0.3) is 0 Å². The molecule has 0 saturated carbocycles. The number of rotatable bonds is 8. The summed E-state index contributed by atoms with van der Waals surface area (Å²) >= 11 is 4.14. The zero-order valence-electron chi connectivity index (χ0n) is 10.8. The molecule has 1 rings (SSSR count). The van der Waals surface area contributed by atoms with Crippen molar-refractivity contribution in [2.45, 2.75) is 26.7 Å². The highest BCUT2D eigenvalue weighted by Gasteiger charge is 1.98. The highest BCUT2D eigenvalue weighted by molar-refractivity contribution is 7.80. The molecule has 1 aromatic carbocycles. The molecule has 0 aliphatic heterocycles. The Morgan fingerprint density at radius 2 is 2.00 bits per heavy atom. The zero-order chi connectivity index (χ0) is 12.5. The van der Waals surface area contributed by atoms with E-state index < -0.39 is 0 Å². The van der Waals surface area contributed by atoms with Crippen LogP contribution < -0.4 is 10.1 Å². The van der Waals surface area contributed by atoms with Gasteiger partial charge in [0.05, 0.1) is 6.61 Å². The highest BCUT2D eigenvalue weighted by Crippen LogP contribution is 2.18. The van der Waals surface area contributed by atoms with Gasteiger partial charge < -0.3 is 10.1 Å². The fraction of sp³-hybridized carbons (Fsp3) is 0.571. The largest absolute Gasteiger partial charge is 0.493 e. The Labute approximate surface area is 110 Å². The molecule has 0 fully saturated rings. The Bertz CT molecular complexity index is 328. The molecule has 1 N–H and O–H groups in total. The molecular formula is C14H23NOS. The molecule has 0 unspecified atom stereocenters. The summed E-state index contributed by atoms with van der Waals surface area (Å²) in [5.74, 6) is 1.91. The topological polar surface area (TPSA) is 21.3 Å². The summed E-state index contributed by atoms with van der Waals surface area (Å²) in [7, 11) is 0. The van der Waals surface area contributed by atoms with Crippen molar-refractivity contribution in [1.29, 1.82) is 0 Å². The van der Waals surface area contributed by atoms with Crippen LogP contribution in [0.3, 0.4) is 0 Å². The van der Waals surface area contributed by atoms with Gasteiger partial charge in [-0.25, -0.2) is 0 Å². The van der Waals surface area contributed by atoms with E-state index in [0.717, 1.165) is 44.0 Å². The van der Waals surface area contributed by atoms with Crippen LogP contribution in [0.15, 0.2) is 18.2 Å². The Balaban J connectivity index is 2.14. The fourth-order valence-electron chi connectivity index (χ4n) is 1.70. The van der Waals surface area contributed by atoms with Gasteiger partial charge in [-0.1, -0.05) is 17.7 Å². The van der Waals surface area contributed by atoms with E-state index in [2.05, 4.69) is 50.0 Å². The van der Waals surface area contributed by atoms with Gasteiger partial charge in [0.1, 0.15) is 5.75 Å². The van der Waals surface area contributed by atoms with Gasteiger partial charge in [0.25, 0.3) is 0 Å². The molecule has 0 amide bonds. The lowest BCUT2D eigenvalue weighted by atomic mass is 10.1. The van der Waals surface area contributed by atoms with E-state index in [1.54, 1.807) is 0 Å². The average Bonchev–Trinajstić information content (AvgIpc) is 2.30. The molecule has 96 valence electrons.